The summed E-state index contributed by atoms with van der Waals surface area (Å²) < 4.78 is 46.6. The summed E-state index contributed by atoms with van der Waals surface area (Å²) in [5.74, 6) is 0.325. The maximum atomic E-state index is 13.9. The van der Waals surface area contributed by atoms with Crippen LogP contribution in [-0.4, -0.2) is 55.1 Å². The Bertz CT molecular complexity index is 959. The molecule has 2 aliphatic rings. The maximum absolute atomic E-state index is 13.9. The van der Waals surface area contributed by atoms with Crippen molar-refractivity contribution in [2.45, 2.75) is 104 Å². The number of carbonyl (C=O) groups is 2. The Hall–Kier alpha value is -2.13. The van der Waals surface area contributed by atoms with Crippen LogP contribution in [0.1, 0.15) is 90.2 Å². The smallest absolute Gasteiger partial charge is 0.379 e. The van der Waals surface area contributed by atoms with Crippen LogP contribution >= 0.6 is 0 Å². The molecule has 0 radical (unpaired) electrons. The van der Waals surface area contributed by atoms with Gasteiger partial charge in [0.05, 0.1) is 23.6 Å². The second-order valence-electron chi connectivity index (χ2n) is 12.6. The molecule has 0 aliphatic carbocycles. The highest BCUT2D eigenvalue weighted by Gasteiger charge is 2.43. The van der Waals surface area contributed by atoms with Crippen LogP contribution in [0, 0.1) is 17.3 Å². The van der Waals surface area contributed by atoms with E-state index in [1.54, 1.807) is 6.07 Å². The van der Waals surface area contributed by atoms with Gasteiger partial charge in [-0.25, -0.2) is 0 Å². The van der Waals surface area contributed by atoms with E-state index < -0.39 is 23.2 Å². The number of hydrogen-bond donors (Lipinski definition) is 2. The second kappa shape index (κ2) is 14.7. The van der Waals surface area contributed by atoms with Crippen LogP contribution in [0.3, 0.4) is 0 Å². The van der Waals surface area contributed by atoms with E-state index in [1.165, 1.54) is 12.1 Å². The van der Waals surface area contributed by atoms with Crippen molar-refractivity contribution in [2.24, 2.45) is 17.3 Å². The molecular weight excluding hydrogens is 519 g/mol. The van der Waals surface area contributed by atoms with Crippen LogP contribution in [-0.2, 0) is 27.0 Å². The highest BCUT2D eigenvalue weighted by Crippen LogP contribution is 2.39. The summed E-state index contributed by atoms with van der Waals surface area (Å²) in [6.45, 7) is 10.6. The number of rotatable bonds is 6. The fourth-order valence-corrected chi connectivity index (χ4v) is 6.03. The van der Waals surface area contributed by atoms with Gasteiger partial charge in [-0.1, -0.05) is 58.7 Å². The van der Waals surface area contributed by atoms with E-state index in [9.17, 15) is 22.8 Å². The Morgan fingerprint density at radius 3 is 2.27 bits per heavy atom. The fourth-order valence-electron chi connectivity index (χ4n) is 6.03. The molecule has 0 bridgehead atoms. The van der Waals surface area contributed by atoms with Gasteiger partial charge in [0.1, 0.15) is 6.04 Å². The molecular formula is C31H48F3N3O3. The van der Waals surface area contributed by atoms with Crippen molar-refractivity contribution in [3.05, 3.63) is 35.4 Å². The summed E-state index contributed by atoms with van der Waals surface area (Å²) in [4.78, 5) is 29.4. The molecule has 2 fully saturated rings. The van der Waals surface area contributed by atoms with E-state index in [4.69, 9.17) is 4.74 Å². The van der Waals surface area contributed by atoms with E-state index >= 15 is 0 Å². The molecule has 9 heteroatoms. The van der Waals surface area contributed by atoms with Gasteiger partial charge in [-0.3, -0.25) is 14.5 Å². The molecule has 0 saturated carbocycles. The first kappa shape index (κ1) is 32.4. The normalized spacial score (nSPS) is 24.1. The SMILES string of the molecule is CC(C)C[C@H]1COCCCCCC2(CCN(Cc3ccccc3C(F)(F)F)CC2)C(=O)N[C@@H](CC(C)C)C(=O)N1. The number of likely N-dealkylation sites (tertiary alicyclic amines) is 1. The molecule has 3 rings (SSSR count). The van der Waals surface area contributed by atoms with Crippen LogP contribution in [0.15, 0.2) is 24.3 Å². The van der Waals surface area contributed by atoms with Gasteiger partial charge in [0, 0.05) is 13.2 Å². The van der Waals surface area contributed by atoms with Crippen LogP contribution in [0.4, 0.5) is 13.2 Å². The van der Waals surface area contributed by atoms with Crippen LogP contribution < -0.4 is 10.6 Å². The average Bonchev–Trinajstić information content (AvgIpc) is 2.87. The average molecular weight is 568 g/mol. The fraction of sp³-hybridized carbons (Fsp3) is 0.742. The van der Waals surface area contributed by atoms with Crippen molar-refractivity contribution in [1.82, 2.24) is 15.5 Å². The predicted molar refractivity (Wildman–Crippen MR) is 150 cm³/mol. The standard InChI is InChI=1S/C31H48F3N3O3/c1-22(2)18-25-21-40-17-9-5-8-12-30(29(39)36-27(19-23(3)4)28(38)35-25)13-15-37(16-14-30)20-24-10-6-7-11-26(24)31(32,33)34/h6-7,10-11,22-23,25,27H,5,8-9,12-21H2,1-4H3,(H,35,38)(H,36,39)/t25-,27-/m0/s1. The summed E-state index contributed by atoms with van der Waals surface area (Å²) in [6, 6.07) is 4.96. The molecule has 2 aliphatic heterocycles. The number of alkyl halides is 3. The van der Waals surface area contributed by atoms with E-state index in [1.807, 2.05) is 18.7 Å². The van der Waals surface area contributed by atoms with Crippen molar-refractivity contribution >= 4 is 11.8 Å². The molecule has 0 aromatic heterocycles. The number of hydrogen-bond acceptors (Lipinski definition) is 4. The molecule has 1 spiro atoms. The lowest BCUT2D eigenvalue weighted by molar-refractivity contribution is -0.139. The summed E-state index contributed by atoms with van der Waals surface area (Å²) in [5, 5.41) is 6.26. The van der Waals surface area contributed by atoms with Gasteiger partial charge >= 0.3 is 6.18 Å². The topological polar surface area (TPSA) is 70.7 Å². The number of halogens is 3. The lowest BCUT2D eigenvalue weighted by Gasteiger charge is -2.42. The number of piperidine rings is 1. The lowest BCUT2D eigenvalue weighted by atomic mass is 9.73. The zero-order chi connectivity index (χ0) is 29.3. The Morgan fingerprint density at radius 1 is 0.950 bits per heavy atom. The lowest BCUT2D eigenvalue weighted by Crippen LogP contribution is -2.56. The Kier molecular flexibility index (Phi) is 11.9. The van der Waals surface area contributed by atoms with Crippen molar-refractivity contribution in [3.63, 3.8) is 0 Å². The third kappa shape index (κ3) is 9.47. The number of carbonyl (C=O) groups excluding carboxylic acids is 2. The number of ether oxygens (including phenoxy) is 1. The Balaban J connectivity index is 1.76. The molecule has 6 nitrogen and oxygen atoms in total. The second-order valence-corrected chi connectivity index (χ2v) is 12.6. The third-order valence-electron chi connectivity index (χ3n) is 8.21. The quantitative estimate of drug-likeness (QED) is 0.447. The minimum Gasteiger partial charge on any atom is -0.379 e. The van der Waals surface area contributed by atoms with E-state index in [0.29, 0.717) is 57.9 Å². The van der Waals surface area contributed by atoms with E-state index in [-0.39, 0.29) is 35.9 Å². The van der Waals surface area contributed by atoms with Gasteiger partial charge < -0.3 is 15.4 Å². The highest BCUT2D eigenvalue weighted by molar-refractivity contribution is 5.90. The van der Waals surface area contributed by atoms with Crippen LogP contribution in [0.5, 0.6) is 0 Å². The minimum atomic E-state index is -4.40. The van der Waals surface area contributed by atoms with E-state index in [0.717, 1.165) is 31.7 Å². The molecule has 0 unspecified atom stereocenters. The minimum absolute atomic E-state index is 0.0997. The van der Waals surface area contributed by atoms with Crippen LogP contribution in [0.25, 0.3) is 0 Å². The van der Waals surface area contributed by atoms with E-state index in [2.05, 4.69) is 24.5 Å². The van der Waals surface area contributed by atoms with Gasteiger partial charge in [-0.05, 0) is 75.1 Å². The molecule has 226 valence electrons. The van der Waals surface area contributed by atoms with Crippen molar-refractivity contribution in [2.75, 3.05) is 26.3 Å². The Labute approximate surface area is 237 Å². The molecule has 2 N–H and O–H groups in total. The van der Waals surface area contributed by atoms with Gasteiger partial charge in [0.15, 0.2) is 0 Å². The number of amides is 2. The van der Waals surface area contributed by atoms with Crippen molar-refractivity contribution < 1.29 is 27.5 Å². The molecule has 40 heavy (non-hydrogen) atoms. The summed E-state index contributed by atoms with van der Waals surface area (Å²) in [7, 11) is 0. The van der Waals surface area contributed by atoms with Crippen molar-refractivity contribution in [3.8, 4) is 0 Å². The molecule has 1 aromatic rings. The molecule has 2 saturated heterocycles. The van der Waals surface area contributed by atoms with Gasteiger partial charge in [-0.2, -0.15) is 13.2 Å². The van der Waals surface area contributed by atoms with Crippen molar-refractivity contribution in [1.29, 1.82) is 0 Å². The van der Waals surface area contributed by atoms with Gasteiger partial charge in [-0.15, -0.1) is 0 Å². The highest BCUT2D eigenvalue weighted by atomic mass is 19.4. The first-order valence-corrected chi connectivity index (χ1v) is 15.0. The zero-order valence-corrected chi connectivity index (χ0v) is 24.6. The first-order valence-electron chi connectivity index (χ1n) is 15.0. The number of nitrogens with one attached hydrogen (secondary N) is 2. The summed E-state index contributed by atoms with van der Waals surface area (Å²) >= 11 is 0. The number of nitrogens with zero attached hydrogens (tertiary/aromatic N) is 1. The molecule has 1 aromatic carbocycles. The zero-order valence-electron chi connectivity index (χ0n) is 24.6. The molecule has 2 heterocycles. The molecule has 2 amide bonds. The predicted octanol–water partition coefficient (Wildman–Crippen LogP) is 5.94. The largest absolute Gasteiger partial charge is 0.416 e. The number of benzene rings is 1. The first-order chi connectivity index (χ1) is 18.9. The monoisotopic (exact) mass is 567 g/mol. The maximum Gasteiger partial charge on any atom is 0.416 e. The summed E-state index contributed by atoms with van der Waals surface area (Å²) in [5.41, 5.74) is -0.990. The summed E-state index contributed by atoms with van der Waals surface area (Å²) in [6.07, 6.45) is 1.41. The Morgan fingerprint density at radius 2 is 1.62 bits per heavy atom. The third-order valence-corrected chi connectivity index (χ3v) is 8.21. The van der Waals surface area contributed by atoms with Gasteiger partial charge in [0.2, 0.25) is 11.8 Å². The van der Waals surface area contributed by atoms with Gasteiger partial charge in [0.25, 0.3) is 0 Å². The van der Waals surface area contributed by atoms with Crippen LogP contribution in [0.2, 0.25) is 0 Å². The molecule has 2 atom stereocenters.